The molecule has 4 heteroatoms. The zero-order valence-electron chi connectivity index (χ0n) is 10.9. The molecule has 1 N–H and O–H groups in total. The van der Waals surface area contributed by atoms with Crippen LogP contribution in [0.2, 0.25) is 0 Å². The third-order valence-electron chi connectivity index (χ3n) is 3.77. The molecule has 1 saturated heterocycles. The summed E-state index contributed by atoms with van der Waals surface area (Å²) in [6, 6.07) is 0.733. The molecule has 4 nitrogen and oxygen atoms in total. The average molecular weight is 246 g/mol. The van der Waals surface area contributed by atoms with Gasteiger partial charge in [0, 0.05) is 25.7 Å². The highest BCUT2D eigenvalue weighted by molar-refractivity contribution is 5.35. The Morgan fingerprint density at radius 3 is 2.44 bits per heavy atom. The Hall–Kier alpha value is -1.16. The van der Waals surface area contributed by atoms with Gasteiger partial charge in [0.1, 0.15) is 5.82 Å². The first-order valence-corrected chi connectivity index (χ1v) is 7.21. The minimum absolute atomic E-state index is 0.733. The van der Waals surface area contributed by atoms with Gasteiger partial charge in [-0.05, 0) is 25.7 Å². The third-order valence-corrected chi connectivity index (χ3v) is 3.77. The van der Waals surface area contributed by atoms with Crippen molar-refractivity contribution in [2.45, 2.75) is 51.1 Å². The monoisotopic (exact) mass is 246 g/mol. The smallest absolute Gasteiger partial charge is 0.147 e. The van der Waals surface area contributed by atoms with Crippen LogP contribution in [0.5, 0.6) is 0 Å². The van der Waals surface area contributed by atoms with E-state index in [1.807, 2.05) is 12.4 Å². The minimum atomic E-state index is 0.733. The highest BCUT2D eigenvalue weighted by atomic mass is 15.2. The zero-order valence-corrected chi connectivity index (χ0v) is 10.9. The average Bonchev–Trinajstić information content (AvgIpc) is 3.24. The van der Waals surface area contributed by atoms with Gasteiger partial charge in [-0.25, -0.2) is 4.98 Å². The summed E-state index contributed by atoms with van der Waals surface area (Å²) in [5.41, 5.74) is 1.06. The van der Waals surface area contributed by atoms with Crippen LogP contribution in [-0.4, -0.2) is 29.1 Å². The number of anilines is 1. The Morgan fingerprint density at radius 1 is 1.06 bits per heavy atom. The van der Waals surface area contributed by atoms with Gasteiger partial charge in [-0.2, -0.15) is 0 Å². The highest BCUT2D eigenvalue weighted by Crippen LogP contribution is 2.19. The Labute approximate surface area is 109 Å². The first-order valence-electron chi connectivity index (χ1n) is 7.21. The predicted octanol–water partition coefficient (Wildman–Crippen LogP) is 2.11. The second-order valence-corrected chi connectivity index (χ2v) is 5.42. The van der Waals surface area contributed by atoms with Crippen molar-refractivity contribution in [3.63, 3.8) is 0 Å². The van der Waals surface area contributed by atoms with Crippen LogP contribution in [0.25, 0.3) is 0 Å². The molecule has 18 heavy (non-hydrogen) atoms. The molecule has 0 amide bonds. The van der Waals surface area contributed by atoms with Crippen LogP contribution in [0.1, 0.15) is 44.2 Å². The van der Waals surface area contributed by atoms with Crippen molar-refractivity contribution in [3.05, 3.63) is 18.1 Å². The second kappa shape index (κ2) is 5.65. The van der Waals surface area contributed by atoms with Crippen molar-refractivity contribution in [1.29, 1.82) is 0 Å². The summed E-state index contributed by atoms with van der Waals surface area (Å²) < 4.78 is 0. The van der Waals surface area contributed by atoms with Crippen LogP contribution in [0.15, 0.2) is 12.4 Å². The number of hydrogen-bond donors (Lipinski definition) is 1. The summed E-state index contributed by atoms with van der Waals surface area (Å²) in [4.78, 5) is 11.5. The maximum Gasteiger partial charge on any atom is 0.147 e. The van der Waals surface area contributed by atoms with Crippen LogP contribution in [0.3, 0.4) is 0 Å². The Morgan fingerprint density at radius 2 is 1.83 bits per heavy atom. The molecule has 0 radical (unpaired) electrons. The van der Waals surface area contributed by atoms with Gasteiger partial charge in [0.15, 0.2) is 0 Å². The molecule has 0 unspecified atom stereocenters. The van der Waals surface area contributed by atoms with Gasteiger partial charge in [-0.15, -0.1) is 0 Å². The van der Waals surface area contributed by atoms with Gasteiger partial charge in [0.2, 0.25) is 0 Å². The van der Waals surface area contributed by atoms with Crippen LogP contribution in [0.4, 0.5) is 5.82 Å². The Balaban J connectivity index is 1.58. The highest BCUT2D eigenvalue weighted by Gasteiger charge is 2.20. The molecule has 0 spiro atoms. The molecule has 1 aromatic rings. The first kappa shape index (κ1) is 11.9. The van der Waals surface area contributed by atoms with E-state index in [4.69, 9.17) is 0 Å². The van der Waals surface area contributed by atoms with Crippen molar-refractivity contribution in [1.82, 2.24) is 15.3 Å². The number of rotatable bonds is 4. The summed E-state index contributed by atoms with van der Waals surface area (Å²) in [5, 5.41) is 3.47. The summed E-state index contributed by atoms with van der Waals surface area (Å²) in [5.74, 6) is 1.05. The molecule has 1 aliphatic carbocycles. The topological polar surface area (TPSA) is 41.1 Å². The zero-order chi connectivity index (χ0) is 12.2. The first-order chi connectivity index (χ1) is 8.92. The normalized spacial score (nSPS) is 20.8. The molecule has 0 bridgehead atoms. The van der Waals surface area contributed by atoms with Gasteiger partial charge in [0.25, 0.3) is 0 Å². The van der Waals surface area contributed by atoms with Crippen molar-refractivity contribution < 1.29 is 0 Å². The van der Waals surface area contributed by atoms with E-state index < -0.39 is 0 Å². The van der Waals surface area contributed by atoms with E-state index in [-0.39, 0.29) is 0 Å². The molecular weight excluding hydrogens is 224 g/mol. The van der Waals surface area contributed by atoms with E-state index in [2.05, 4.69) is 20.2 Å². The van der Waals surface area contributed by atoms with Crippen LogP contribution < -0.4 is 10.2 Å². The lowest BCUT2D eigenvalue weighted by atomic mass is 10.2. The lowest BCUT2D eigenvalue weighted by Gasteiger charge is -2.20. The maximum atomic E-state index is 4.57. The van der Waals surface area contributed by atoms with Gasteiger partial charge >= 0.3 is 0 Å². The van der Waals surface area contributed by atoms with E-state index in [1.54, 1.807) is 0 Å². The standard InChI is InChI=1S/C14H22N4/c1-2-4-8-18(7-3-1)14-11-16-13(10-17-14)9-15-12-5-6-12/h10-12,15H,1-9H2. The van der Waals surface area contributed by atoms with Gasteiger partial charge < -0.3 is 10.2 Å². The lowest BCUT2D eigenvalue weighted by molar-refractivity contribution is 0.670. The molecule has 0 aromatic carbocycles. The maximum absolute atomic E-state index is 4.57. The molecule has 1 saturated carbocycles. The molecule has 1 aliphatic heterocycles. The predicted molar refractivity (Wildman–Crippen MR) is 72.6 cm³/mol. The molecule has 2 aliphatic rings. The summed E-state index contributed by atoms with van der Waals surface area (Å²) in [6.45, 7) is 3.13. The number of nitrogens with one attached hydrogen (secondary N) is 1. The fourth-order valence-corrected chi connectivity index (χ4v) is 2.44. The molecule has 0 atom stereocenters. The minimum Gasteiger partial charge on any atom is -0.355 e. The number of hydrogen-bond acceptors (Lipinski definition) is 4. The fraction of sp³-hybridized carbons (Fsp3) is 0.714. The largest absolute Gasteiger partial charge is 0.355 e. The second-order valence-electron chi connectivity index (χ2n) is 5.42. The molecule has 2 heterocycles. The van der Waals surface area contributed by atoms with E-state index >= 15 is 0 Å². The molecule has 2 fully saturated rings. The van der Waals surface area contributed by atoms with Gasteiger partial charge in [-0.3, -0.25) is 4.98 Å². The van der Waals surface area contributed by atoms with Crippen molar-refractivity contribution in [3.8, 4) is 0 Å². The Bertz CT molecular complexity index is 364. The van der Waals surface area contributed by atoms with E-state index in [0.717, 1.165) is 37.2 Å². The van der Waals surface area contributed by atoms with Gasteiger partial charge in [0.05, 0.1) is 18.1 Å². The van der Waals surface area contributed by atoms with Crippen molar-refractivity contribution in [2.75, 3.05) is 18.0 Å². The van der Waals surface area contributed by atoms with Crippen molar-refractivity contribution >= 4 is 5.82 Å². The Kier molecular flexibility index (Phi) is 3.74. The third kappa shape index (κ3) is 3.19. The summed E-state index contributed by atoms with van der Waals surface area (Å²) in [7, 11) is 0. The fourth-order valence-electron chi connectivity index (χ4n) is 2.44. The quantitative estimate of drug-likeness (QED) is 0.883. The number of aromatic nitrogens is 2. The molecule has 98 valence electrons. The van der Waals surface area contributed by atoms with E-state index in [9.17, 15) is 0 Å². The summed E-state index contributed by atoms with van der Waals surface area (Å²) in [6.07, 6.45) is 11.8. The van der Waals surface area contributed by atoms with E-state index in [1.165, 1.54) is 38.5 Å². The van der Waals surface area contributed by atoms with Gasteiger partial charge in [-0.1, -0.05) is 12.8 Å². The number of nitrogens with zero attached hydrogens (tertiary/aromatic N) is 3. The molecule has 3 rings (SSSR count). The van der Waals surface area contributed by atoms with Crippen molar-refractivity contribution in [2.24, 2.45) is 0 Å². The lowest BCUT2D eigenvalue weighted by Crippen LogP contribution is -2.25. The molecule has 1 aromatic heterocycles. The SMILES string of the molecule is c1nc(N2CCCCCC2)cnc1CNC1CC1. The van der Waals surface area contributed by atoms with Crippen LogP contribution >= 0.6 is 0 Å². The van der Waals surface area contributed by atoms with E-state index in [0.29, 0.717) is 0 Å². The molecular formula is C14H22N4. The van der Waals surface area contributed by atoms with Crippen LogP contribution in [-0.2, 0) is 6.54 Å². The summed E-state index contributed by atoms with van der Waals surface area (Å²) >= 11 is 0. The van der Waals surface area contributed by atoms with Crippen LogP contribution in [0, 0.1) is 0 Å².